The number of esters is 1. The van der Waals surface area contributed by atoms with Gasteiger partial charge in [0.25, 0.3) is 0 Å². The van der Waals surface area contributed by atoms with Crippen molar-refractivity contribution in [1.29, 1.82) is 0 Å². The topological polar surface area (TPSA) is 73.9 Å². The first-order chi connectivity index (χ1) is 14.0. The molecule has 1 aromatic rings. The van der Waals surface area contributed by atoms with Gasteiger partial charge in [0.2, 0.25) is 0 Å². The van der Waals surface area contributed by atoms with E-state index in [0.29, 0.717) is 17.8 Å². The second-order valence-corrected chi connectivity index (χ2v) is 8.23. The van der Waals surface area contributed by atoms with Gasteiger partial charge in [-0.25, -0.2) is 9.59 Å². The lowest BCUT2D eigenvalue weighted by atomic mass is 9.95. The monoisotopic (exact) mass is 418 g/mol. The average molecular weight is 419 g/mol. The first-order valence-electron chi connectivity index (χ1n) is 10.0. The standard InChI is InChI=1S/C21H30N4O3S/c1-4-28-20(26)18-17(14-25-11-5-10-24(2)12-13-25)22-21(27)23-19(18)15-6-8-16(29-3)9-7-15/h6-9,19H,4-5,10-14H2,1-3H3,(H2,22,23,27)/t19-/m0/s1. The SMILES string of the molecule is CCOC(=O)C1=C(CN2CCCN(C)CC2)NC(=O)N[C@H]1c1ccc(SC)cc1. The van der Waals surface area contributed by atoms with E-state index in [1.165, 1.54) is 0 Å². The molecule has 29 heavy (non-hydrogen) atoms. The van der Waals surface area contributed by atoms with Crippen LogP contribution in [-0.4, -0.2) is 74.4 Å². The van der Waals surface area contributed by atoms with Crippen molar-refractivity contribution < 1.29 is 14.3 Å². The minimum absolute atomic E-state index is 0.288. The van der Waals surface area contributed by atoms with Gasteiger partial charge < -0.3 is 20.3 Å². The van der Waals surface area contributed by atoms with Crippen LogP contribution in [-0.2, 0) is 9.53 Å². The first kappa shape index (κ1) is 21.7. The molecule has 1 fully saturated rings. The Labute approximate surface area is 176 Å². The fourth-order valence-electron chi connectivity index (χ4n) is 3.72. The minimum Gasteiger partial charge on any atom is -0.463 e. The summed E-state index contributed by atoms with van der Waals surface area (Å²) in [5.41, 5.74) is 1.99. The van der Waals surface area contributed by atoms with Crippen LogP contribution >= 0.6 is 11.8 Å². The van der Waals surface area contributed by atoms with Gasteiger partial charge in [-0.3, -0.25) is 4.90 Å². The second kappa shape index (κ2) is 10.1. The Bertz CT molecular complexity index is 766. The molecule has 1 atom stereocenters. The maximum absolute atomic E-state index is 12.9. The molecular formula is C21H30N4O3S. The van der Waals surface area contributed by atoms with Gasteiger partial charge in [-0.15, -0.1) is 11.8 Å². The van der Waals surface area contributed by atoms with Gasteiger partial charge in [0.1, 0.15) is 0 Å². The van der Waals surface area contributed by atoms with E-state index in [9.17, 15) is 9.59 Å². The van der Waals surface area contributed by atoms with Gasteiger partial charge in [0.15, 0.2) is 0 Å². The third-order valence-electron chi connectivity index (χ3n) is 5.29. The zero-order valence-corrected chi connectivity index (χ0v) is 18.2. The number of urea groups is 1. The van der Waals surface area contributed by atoms with Gasteiger partial charge in [-0.1, -0.05) is 12.1 Å². The number of carbonyl (C=O) groups excluding carboxylic acids is 2. The van der Waals surface area contributed by atoms with Crippen LogP contribution in [0, 0.1) is 0 Å². The number of nitrogens with one attached hydrogen (secondary N) is 2. The first-order valence-corrected chi connectivity index (χ1v) is 11.3. The fraction of sp³-hybridized carbons (Fsp3) is 0.524. The van der Waals surface area contributed by atoms with Crippen LogP contribution in [0.25, 0.3) is 0 Å². The third kappa shape index (κ3) is 5.52. The number of thioether (sulfide) groups is 1. The molecule has 0 saturated carbocycles. The van der Waals surface area contributed by atoms with Crippen molar-refractivity contribution in [3.05, 3.63) is 41.1 Å². The highest BCUT2D eigenvalue weighted by Crippen LogP contribution is 2.29. The number of rotatable bonds is 6. The largest absolute Gasteiger partial charge is 0.463 e. The molecule has 2 aliphatic heterocycles. The van der Waals surface area contributed by atoms with E-state index in [1.54, 1.807) is 18.7 Å². The Hall–Kier alpha value is -2.03. The van der Waals surface area contributed by atoms with Crippen molar-refractivity contribution in [2.75, 3.05) is 52.6 Å². The van der Waals surface area contributed by atoms with E-state index in [1.807, 2.05) is 30.5 Å². The normalized spacial score (nSPS) is 21.3. The van der Waals surface area contributed by atoms with Crippen LogP contribution in [0.5, 0.6) is 0 Å². The van der Waals surface area contributed by atoms with E-state index in [2.05, 4.69) is 27.5 Å². The lowest BCUT2D eigenvalue weighted by Gasteiger charge is -2.32. The molecule has 1 aromatic carbocycles. The van der Waals surface area contributed by atoms with E-state index < -0.39 is 6.04 Å². The predicted octanol–water partition coefficient (Wildman–Crippen LogP) is 2.22. The van der Waals surface area contributed by atoms with Gasteiger partial charge >= 0.3 is 12.0 Å². The van der Waals surface area contributed by atoms with Crippen LogP contribution in [0.15, 0.2) is 40.4 Å². The van der Waals surface area contributed by atoms with Crippen LogP contribution in [0.4, 0.5) is 4.79 Å². The molecule has 0 radical (unpaired) electrons. The smallest absolute Gasteiger partial charge is 0.338 e. The highest BCUT2D eigenvalue weighted by molar-refractivity contribution is 7.98. The zero-order chi connectivity index (χ0) is 20.8. The molecule has 0 aromatic heterocycles. The molecule has 2 N–H and O–H groups in total. The van der Waals surface area contributed by atoms with E-state index in [-0.39, 0.29) is 18.6 Å². The lowest BCUT2D eigenvalue weighted by molar-refractivity contribution is -0.139. The molecule has 8 heteroatoms. The van der Waals surface area contributed by atoms with E-state index in [4.69, 9.17) is 4.74 Å². The maximum Gasteiger partial charge on any atom is 0.338 e. The predicted molar refractivity (Wildman–Crippen MR) is 115 cm³/mol. The number of likely N-dealkylation sites (N-methyl/N-ethyl adjacent to an activating group) is 1. The summed E-state index contributed by atoms with van der Waals surface area (Å²) in [6.07, 6.45) is 3.08. The molecule has 0 unspecified atom stereocenters. The van der Waals surface area contributed by atoms with Crippen LogP contribution < -0.4 is 10.6 Å². The van der Waals surface area contributed by atoms with Gasteiger partial charge in [0.05, 0.1) is 18.2 Å². The van der Waals surface area contributed by atoms with E-state index in [0.717, 1.165) is 43.1 Å². The van der Waals surface area contributed by atoms with Crippen LogP contribution in [0.1, 0.15) is 24.9 Å². The van der Waals surface area contributed by atoms with Crippen LogP contribution in [0.2, 0.25) is 0 Å². The Morgan fingerprint density at radius 1 is 1.21 bits per heavy atom. The number of hydrogen-bond donors (Lipinski definition) is 2. The molecule has 0 spiro atoms. The minimum atomic E-state index is -0.525. The summed E-state index contributed by atoms with van der Waals surface area (Å²) >= 11 is 1.65. The Balaban J connectivity index is 1.93. The van der Waals surface area contributed by atoms with E-state index >= 15 is 0 Å². The molecule has 3 rings (SSSR count). The summed E-state index contributed by atoms with van der Waals surface area (Å²) in [6.45, 7) is 6.45. The summed E-state index contributed by atoms with van der Waals surface area (Å²) in [6, 6.07) is 7.10. The van der Waals surface area contributed by atoms with Gasteiger partial charge in [-0.2, -0.15) is 0 Å². The number of amides is 2. The molecule has 0 aliphatic carbocycles. The van der Waals surface area contributed by atoms with Crippen molar-refractivity contribution >= 4 is 23.8 Å². The molecule has 1 saturated heterocycles. The second-order valence-electron chi connectivity index (χ2n) is 7.35. The molecule has 2 aliphatic rings. The number of benzene rings is 1. The quantitative estimate of drug-likeness (QED) is 0.545. The molecule has 2 amide bonds. The van der Waals surface area contributed by atoms with Crippen molar-refractivity contribution in [1.82, 2.24) is 20.4 Å². The summed E-state index contributed by atoms with van der Waals surface area (Å²) in [4.78, 5) is 31.0. The molecule has 2 heterocycles. The number of ether oxygens (including phenoxy) is 1. The van der Waals surface area contributed by atoms with Crippen molar-refractivity contribution in [2.45, 2.75) is 24.3 Å². The maximum atomic E-state index is 12.9. The Morgan fingerprint density at radius 3 is 2.66 bits per heavy atom. The fourth-order valence-corrected chi connectivity index (χ4v) is 4.13. The summed E-state index contributed by atoms with van der Waals surface area (Å²) < 4.78 is 5.36. The molecule has 158 valence electrons. The highest BCUT2D eigenvalue weighted by atomic mass is 32.2. The summed E-state index contributed by atoms with van der Waals surface area (Å²) in [5, 5.41) is 5.78. The number of carbonyl (C=O) groups is 2. The summed E-state index contributed by atoms with van der Waals surface area (Å²) in [5.74, 6) is -0.388. The van der Waals surface area contributed by atoms with Gasteiger partial charge in [0, 0.05) is 30.2 Å². The van der Waals surface area contributed by atoms with Crippen molar-refractivity contribution in [3.63, 3.8) is 0 Å². The Morgan fingerprint density at radius 2 is 1.97 bits per heavy atom. The number of hydrogen-bond acceptors (Lipinski definition) is 6. The summed E-state index contributed by atoms with van der Waals surface area (Å²) in [7, 11) is 2.12. The zero-order valence-electron chi connectivity index (χ0n) is 17.4. The number of nitrogens with zero attached hydrogens (tertiary/aromatic N) is 2. The Kier molecular flexibility index (Phi) is 7.57. The van der Waals surface area contributed by atoms with Crippen LogP contribution in [0.3, 0.4) is 0 Å². The van der Waals surface area contributed by atoms with Crippen molar-refractivity contribution in [2.24, 2.45) is 0 Å². The van der Waals surface area contributed by atoms with Gasteiger partial charge in [-0.05, 0) is 57.4 Å². The molecule has 0 bridgehead atoms. The van der Waals surface area contributed by atoms with Crippen molar-refractivity contribution in [3.8, 4) is 0 Å². The molecule has 7 nitrogen and oxygen atoms in total. The third-order valence-corrected chi connectivity index (χ3v) is 6.04. The average Bonchev–Trinajstić information content (AvgIpc) is 2.92. The lowest BCUT2D eigenvalue weighted by Crippen LogP contribution is -2.48. The highest BCUT2D eigenvalue weighted by Gasteiger charge is 2.34. The molecular weight excluding hydrogens is 388 g/mol.